The Morgan fingerprint density at radius 2 is 2.08 bits per heavy atom. The molecule has 1 heterocycles. The maximum Gasteiger partial charge on any atom is 0.135 e. The van der Waals surface area contributed by atoms with E-state index in [-0.39, 0.29) is 6.61 Å². The molecule has 0 spiro atoms. The minimum Gasteiger partial charge on any atom is -0.396 e. The van der Waals surface area contributed by atoms with Crippen LogP contribution in [0.3, 0.4) is 0 Å². The van der Waals surface area contributed by atoms with Crippen LogP contribution < -0.4 is 0 Å². The topological polar surface area (TPSA) is 40.5 Å². The van der Waals surface area contributed by atoms with Crippen LogP contribution in [0.2, 0.25) is 0 Å². The molecule has 1 unspecified atom stereocenters. The maximum atomic E-state index is 10.9. The first kappa shape index (κ1) is 9.68. The Hall–Kier alpha value is -0.410. The van der Waals surface area contributed by atoms with Crippen molar-refractivity contribution < 1.29 is 9.90 Å². The summed E-state index contributed by atoms with van der Waals surface area (Å²) in [7, 11) is 0. The second kappa shape index (κ2) is 4.58. The first-order chi connectivity index (χ1) is 5.72. The second-order valence-electron chi connectivity index (χ2n) is 3.63. The molecule has 3 nitrogen and oxygen atoms in total. The molecule has 0 bridgehead atoms. The van der Waals surface area contributed by atoms with Crippen molar-refractivity contribution in [2.45, 2.75) is 19.8 Å². The van der Waals surface area contributed by atoms with Gasteiger partial charge in [-0.1, -0.05) is 6.92 Å². The summed E-state index contributed by atoms with van der Waals surface area (Å²) >= 11 is 0. The van der Waals surface area contributed by atoms with E-state index < -0.39 is 0 Å². The van der Waals surface area contributed by atoms with Gasteiger partial charge in [0.15, 0.2) is 0 Å². The van der Waals surface area contributed by atoms with E-state index in [1.54, 1.807) is 0 Å². The molecule has 1 aliphatic rings. The van der Waals surface area contributed by atoms with Gasteiger partial charge in [-0.2, -0.15) is 0 Å². The van der Waals surface area contributed by atoms with Gasteiger partial charge in [-0.25, -0.2) is 0 Å². The lowest BCUT2D eigenvalue weighted by Crippen LogP contribution is -2.37. The van der Waals surface area contributed by atoms with Crippen LogP contribution in [0.1, 0.15) is 19.8 Å². The highest BCUT2D eigenvalue weighted by Crippen LogP contribution is 2.07. The summed E-state index contributed by atoms with van der Waals surface area (Å²) < 4.78 is 0. The number of aliphatic hydroxyl groups excluding tert-OH is 1. The molecular weight excluding hydrogens is 154 g/mol. The summed E-state index contributed by atoms with van der Waals surface area (Å²) in [5.74, 6) is 0.709. The molecule has 3 heteroatoms. The van der Waals surface area contributed by atoms with E-state index in [1.165, 1.54) is 0 Å². The summed E-state index contributed by atoms with van der Waals surface area (Å²) in [5.41, 5.74) is 0. The molecular formula is C9H17NO2. The van der Waals surface area contributed by atoms with E-state index in [0.717, 1.165) is 19.6 Å². The Morgan fingerprint density at radius 1 is 1.50 bits per heavy atom. The standard InChI is InChI=1S/C9H17NO2/c1-8(7-11)6-10-4-2-9(12)3-5-10/h8,11H,2-7H2,1H3. The SMILES string of the molecule is CC(CO)CN1CCC(=O)CC1. The van der Waals surface area contributed by atoms with Crippen LogP contribution in [-0.2, 0) is 4.79 Å². The fourth-order valence-electron chi connectivity index (χ4n) is 1.48. The molecule has 0 aromatic carbocycles. The quantitative estimate of drug-likeness (QED) is 0.663. The van der Waals surface area contributed by atoms with E-state index >= 15 is 0 Å². The monoisotopic (exact) mass is 171 g/mol. The molecule has 12 heavy (non-hydrogen) atoms. The number of hydrogen-bond acceptors (Lipinski definition) is 3. The number of nitrogens with zero attached hydrogens (tertiary/aromatic N) is 1. The third-order valence-corrected chi connectivity index (χ3v) is 2.30. The van der Waals surface area contributed by atoms with Crippen molar-refractivity contribution in [3.05, 3.63) is 0 Å². The van der Waals surface area contributed by atoms with Gasteiger partial charge in [-0.05, 0) is 5.92 Å². The van der Waals surface area contributed by atoms with Crippen molar-refractivity contribution in [2.24, 2.45) is 5.92 Å². The molecule has 0 radical (unpaired) electrons. The van der Waals surface area contributed by atoms with Crippen molar-refractivity contribution in [1.82, 2.24) is 4.90 Å². The first-order valence-corrected chi connectivity index (χ1v) is 4.57. The molecule has 1 saturated heterocycles. The van der Waals surface area contributed by atoms with Crippen LogP contribution in [0.25, 0.3) is 0 Å². The number of carbonyl (C=O) groups is 1. The average molecular weight is 171 g/mol. The molecule has 0 aliphatic carbocycles. The first-order valence-electron chi connectivity index (χ1n) is 4.57. The van der Waals surface area contributed by atoms with Crippen molar-refractivity contribution in [3.8, 4) is 0 Å². The van der Waals surface area contributed by atoms with Crippen LogP contribution in [0, 0.1) is 5.92 Å². The summed E-state index contributed by atoms with van der Waals surface area (Å²) in [6.07, 6.45) is 1.39. The Labute approximate surface area is 73.4 Å². The van der Waals surface area contributed by atoms with Crippen LogP contribution in [0.15, 0.2) is 0 Å². The Kier molecular flexibility index (Phi) is 3.69. The number of rotatable bonds is 3. The molecule has 70 valence electrons. The second-order valence-corrected chi connectivity index (χ2v) is 3.63. The summed E-state index contributed by atoms with van der Waals surface area (Å²) in [6.45, 7) is 4.94. The smallest absolute Gasteiger partial charge is 0.135 e. The van der Waals surface area contributed by atoms with E-state index in [9.17, 15) is 4.79 Å². The Morgan fingerprint density at radius 3 is 2.58 bits per heavy atom. The van der Waals surface area contributed by atoms with Crippen molar-refractivity contribution in [1.29, 1.82) is 0 Å². The molecule has 1 atom stereocenters. The maximum absolute atomic E-state index is 10.9. The normalized spacial score (nSPS) is 22.7. The van der Waals surface area contributed by atoms with Crippen LogP contribution >= 0.6 is 0 Å². The van der Waals surface area contributed by atoms with Crippen LogP contribution in [0.4, 0.5) is 0 Å². The van der Waals surface area contributed by atoms with Gasteiger partial charge in [0, 0.05) is 39.1 Å². The fourth-order valence-corrected chi connectivity index (χ4v) is 1.48. The number of likely N-dealkylation sites (tertiary alicyclic amines) is 1. The minimum absolute atomic E-state index is 0.241. The lowest BCUT2D eigenvalue weighted by Gasteiger charge is -2.27. The molecule has 1 aliphatic heterocycles. The lowest BCUT2D eigenvalue weighted by atomic mass is 10.1. The number of carbonyl (C=O) groups excluding carboxylic acids is 1. The highest BCUT2D eigenvalue weighted by Gasteiger charge is 2.17. The number of piperidine rings is 1. The molecule has 0 aromatic rings. The van der Waals surface area contributed by atoms with Gasteiger partial charge in [0.2, 0.25) is 0 Å². The highest BCUT2D eigenvalue weighted by atomic mass is 16.3. The van der Waals surface area contributed by atoms with Gasteiger partial charge in [-0.3, -0.25) is 4.79 Å². The zero-order chi connectivity index (χ0) is 8.97. The van der Waals surface area contributed by atoms with E-state index in [0.29, 0.717) is 24.5 Å². The number of aliphatic hydroxyl groups is 1. The van der Waals surface area contributed by atoms with Crippen LogP contribution in [-0.4, -0.2) is 42.0 Å². The average Bonchev–Trinajstić information content (AvgIpc) is 2.09. The molecule has 1 rings (SSSR count). The van der Waals surface area contributed by atoms with E-state index in [2.05, 4.69) is 4.90 Å². The van der Waals surface area contributed by atoms with Crippen molar-refractivity contribution in [3.63, 3.8) is 0 Å². The zero-order valence-electron chi connectivity index (χ0n) is 7.62. The third kappa shape index (κ3) is 2.91. The predicted molar refractivity (Wildman–Crippen MR) is 46.9 cm³/mol. The molecule has 0 aromatic heterocycles. The van der Waals surface area contributed by atoms with Gasteiger partial charge in [0.05, 0.1) is 0 Å². The van der Waals surface area contributed by atoms with Gasteiger partial charge in [0.25, 0.3) is 0 Å². The summed E-state index contributed by atoms with van der Waals surface area (Å²) in [4.78, 5) is 13.1. The van der Waals surface area contributed by atoms with Gasteiger partial charge in [0.1, 0.15) is 5.78 Å². The largest absolute Gasteiger partial charge is 0.396 e. The molecule has 0 saturated carbocycles. The van der Waals surface area contributed by atoms with Crippen LogP contribution in [0.5, 0.6) is 0 Å². The lowest BCUT2D eigenvalue weighted by molar-refractivity contribution is -0.121. The highest BCUT2D eigenvalue weighted by molar-refractivity contribution is 5.79. The van der Waals surface area contributed by atoms with E-state index in [4.69, 9.17) is 5.11 Å². The Balaban J connectivity index is 2.21. The molecule has 0 amide bonds. The Bertz CT molecular complexity index is 149. The minimum atomic E-state index is 0.241. The molecule has 1 N–H and O–H groups in total. The zero-order valence-corrected chi connectivity index (χ0v) is 7.62. The predicted octanol–water partition coefficient (Wildman–Crippen LogP) is 0.280. The van der Waals surface area contributed by atoms with Gasteiger partial charge in [-0.15, -0.1) is 0 Å². The molecule has 1 fully saturated rings. The van der Waals surface area contributed by atoms with Gasteiger partial charge >= 0.3 is 0 Å². The number of hydrogen-bond donors (Lipinski definition) is 1. The fraction of sp³-hybridized carbons (Fsp3) is 0.889. The number of ketones is 1. The van der Waals surface area contributed by atoms with Crippen molar-refractivity contribution in [2.75, 3.05) is 26.2 Å². The summed E-state index contributed by atoms with van der Waals surface area (Å²) in [6, 6.07) is 0. The van der Waals surface area contributed by atoms with Gasteiger partial charge < -0.3 is 10.0 Å². The number of Topliss-reactive ketones (excluding diaryl/α,β-unsaturated/α-hetero) is 1. The third-order valence-electron chi connectivity index (χ3n) is 2.30. The van der Waals surface area contributed by atoms with Crippen molar-refractivity contribution >= 4 is 5.78 Å². The van der Waals surface area contributed by atoms with E-state index in [1.807, 2.05) is 6.92 Å². The summed E-state index contributed by atoms with van der Waals surface area (Å²) in [5, 5.41) is 8.82.